The van der Waals surface area contributed by atoms with Crippen LogP contribution in [-0.2, 0) is 19.5 Å². The van der Waals surface area contributed by atoms with Gasteiger partial charge in [0.15, 0.2) is 6.29 Å². The number of carboxylic acids is 1. The van der Waals surface area contributed by atoms with E-state index in [9.17, 15) is 13.2 Å². The number of aryl methyl sites for hydroxylation is 1. The van der Waals surface area contributed by atoms with Gasteiger partial charge in [0.1, 0.15) is 9.09 Å². The van der Waals surface area contributed by atoms with E-state index in [4.69, 9.17) is 14.6 Å². The monoisotopic (exact) mass is 337 g/mol. The van der Waals surface area contributed by atoms with E-state index in [-0.39, 0.29) is 15.6 Å². The average molecular weight is 337 g/mol. The molecule has 0 radical (unpaired) electrons. The Morgan fingerprint density at radius 2 is 1.95 bits per heavy atom. The molecule has 1 aromatic rings. The first-order valence-corrected chi connectivity index (χ1v) is 8.68. The maximum absolute atomic E-state index is 12.1. The van der Waals surface area contributed by atoms with Crippen LogP contribution in [0.15, 0.2) is 10.3 Å². The fourth-order valence-corrected chi connectivity index (χ4v) is 4.02. The zero-order valence-corrected chi connectivity index (χ0v) is 13.7. The molecule has 0 bridgehead atoms. The highest BCUT2D eigenvalue weighted by Gasteiger charge is 2.22. The van der Waals surface area contributed by atoms with Crippen molar-refractivity contribution in [2.24, 2.45) is 0 Å². The molecule has 120 valence electrons. The molecule has 0 aliphatic heterocycles. The van der Waals surface area contributed by atoms with Gasteiger partial charge in [-0.3, -0.25) is 0 Å². The highest BCUT2D eigenvalue weighted by molar-refractivity contribution is 7.91. The second-order valence-corrected chi connectivity index (χ2v) is 7.12. The van der Waals surface area contributed by atoms with Crippen LogP contribution in [-0.4, -0.2) is 45.5 Å². The second kappa shape index (κ2) is 7.85. The molecule has 9 heteroatoms. The summed E-state index contributed by atoms with van der Waals surface area (Å²) in [6.07, 6.45) is -0.672. The Morgan fingerprint density at radius 1 is 1.38 bits per heavy atom. The molecule has 21 heavy (non-hydrogen) atoms. The minimum atomic E-state index is -3.78. The first kappa shape index (κ1) is 18.1. The quantitative estimate of drug-likeness (QED) is 0.661. The molecule has 0 aliphatic rings. The Morgan fingerprint density at radius 3 is 2.38 bits per heavy atom. The van der Waals surface area contributed by atoms with Crippen LogP contribution in [0.25, 0.3) is 0 Å². The summed E-state index contributed by atoms with van der Waals surface area (Å²) in [6.45, 7) is 5.87. The number of sulfonamides is 1. The average Bonchev–Trinajstić information content (AvgIpc) is 2.80. The fourth-order valence-electron chi connectivity index (χ4n) is 1.58. The highest BCUT2D eigenvalue weighted by Crippen LogP contribution is 2.25. The van der Waals surface area contributed by atoms with Gasteiger partial charge in [-0.15, -0.1) is 11.3 Å². The van der Waals surface area contributed by atoms with Crippen LogP contribution in [0.5, 0.6) is 0 Å². The second-order valence-electron chi connectivity index (χ2n) is 4.07. The Hall–Kier alpha value is -1.00. The van der Waals surface area contributed by atoms with Crippen LogP contribution in [0.3, 0.4) is 0 Å². The highest BCUT2D eigenvalue weighted by atomic mass is 32.2. The number of aromatic carboxylic acids is 1. The number of hydrogen-bond acceptors (Lipinski definition) is 6. The van der Waals surface area contributed by atoms with Gasteiger partial charge in [0.05, 0.1) is 6.54 Å². The van der Waals surface area contributed by atoms with Crippen molar-refractivity contribution >= 4 is 27.3 Å². The molecule has 0 spiro atoms. The lowest BCUT2D eigenvalue weighted by atomic mass is 10.3. The summed E-state index contributed by atoms with van der Waals surface area (Å²) in [6, 6.07) is 1.34. The number of carbonyl (C=O) groups is 1. The number of ether oxygens (including phenoxy) is 2. The molecule has 0 amide bonds. The predicted octanol–water partition coefficient (Wildman–Crippen LogP) is 1.43. The van der Waals surface area contributed by atoms with Crippen LogP contribution < -0.4 is 4.72 Å². The van der Waals surface area contributed by atoms with Crippen molar-refractivity contribution in [2.45, 2.75) is 31.3 Å². The largest absolute Gasteiger partial charge is 0.477 e. The summed E-state index contributed by atoms with van der Waals surface area (Å²) < 4.78 is 37.1. The number of thiophene rings is 1. The van der Waals surface area contributed by atoms with Crippen molar-refractivity contribution < 1.29 is 27.8 Å². The summed E-state index contributed by atoms with van der Waals surface area (Å²) in [4.78, 5) is 11.0. The zero-order chi connectivity index (χ0) is 16.0. The molecule has 1 rings (SSSR count). The fraction of sp³-hybridized carbons (Fsp3) is 0.583. The van der Waals surface area contributed by atoms with Gasteiger partial charge in [0.2, 0.25) is 10.0 Å². The normalized spacial score (nSPS) is 12.0. The van der Waals surface area contributed by atoms with E-state index in [1.165, 1.54) is 6.07 Å². The smallest absolute Gasteiger partial charge is 0.346 e. The molecule has 0 saturated heterocycles. The van der Waals surface area contributed by atoms with Crippen molar-refractivity contribution in [1.29, 1.82) is 0 Å². The van der Waals surface area contributed by atoms with Crippen molar-refractivity contribution in [2.75, 3.05) is 19.8 Å². The molecule has 0 aliphatic carbocycles. The van der Waals surface area contributed by atoms with Crippen LogP contribution >= 0.6 is 11.3 Å². The first-order chi connectivity index (χ1) is 9.81. The van der Waals surface area contributed by atoms with Gasteiger partial charge < -0.3 is 14.6 Å². The molecule has 1 aromatic heterocycles. The van der Waals surface area contributed by atoms with Crippen LogP contribution in [0.2, 0.25) is 0 Å². The SMILES string of the molecule is CCOC(CNS(=O)(=O)c1cc(C)c(C(=O)O)s1)OCC. The third-order valence-corrected chi connectivity index (χ3v) is 5.62. The predicted molar refractivity (Wildman–Crippen MR) is 78.2 cm³/mol. The maximum atomic E-state index is 12.1. The van der Waals surface area contributed by atoms with E-state index in [1.807, 2.05) is 0 Å². The van der Waals surface area contributed by atoms with E-state index < -0.39 is 22.3 Å². The van der Waals surface area contributed by atoms with Crippen LogP contribution in [0.4, 0.5) is 0 Å². The van der Waals surface area contributed by atoms with E-state index in [0.29, 0.717) is 18.8 Å². The van der Waals surface area contributed by atoms with Crippen molar-refractivity contribution in [3.05, 3.63) is 16.5 Å². The molecule has 0 atom stereocenters. The topological polar surface area (TPSA) is 102 Å². The molecular weight excluding hydrogens is 318 g/mol. The van der Waals surface area contributed by atoms with Gasteiger partial charge in [0.25, 0.3) is 0 Å². The lowest BCUT2D eigenvalue weighted by molar-refractivity contribution is -0.130. The molecular formula is C12H19NO6S2. The van der Waals surface area contributed by atoms with E-state index in [1.54, 1.807) is 20.8 Å². The minimum absolute atomic E-state index is 0.0153. The standard InChI is InChI=1S/C12H19NO6S2/c1-4-18-9(19-5-2)7-13-21(16,17)10-6-8(3)11(20-10)12(14)15/h6,9,13H,4-5,7H2,1-3H3,(H,14,15). The van der Waals surface area contributed by atoms with E-state index in [2.05, 4.69) is 4.72 Å². The van der Waals surface area contributed by atoms with Gasteiger partial charge in [-0.05, 0) is 32.4 Å². The molecule has 2 N–H and O–H groups in total. The third kappa shape index (κ3) is 5.04. The zero-order valence-electron chi connectivity index (χ0n) is 12.1. The number of rotatable bonds is 9. The van der Waals surface area contributed by atoms with Crippen molar-refractivity contribution in [1.82, 2.24) is 4.72 Å². The summed E-state index contributed by atoms with van der Waals surface area (Å²) >= 11 is 0.721. The Bertz CT molecular complexity index is 575. The minimum Gasteiger partial charge on any atom is -0.477 e. The van der Waals surface area contributed by atoms with Crippen molar-refractivity contribution in [3.63, 3.8) is 0 Å². The summed E-state index contributed by atoms with van der Waals surface area (Å²) in [5.41, 5.74) is 0.416. The molecule has 0 aromatic carbocycles. The van der Waals surface area contributed by atoms with Crippen LogP contribution in [0.1, 0.15) is 29.1 Å². The number of nitrogens with one attached hydrogen (secondary N) is 1. The van der Waals surface area contributed by atoms with Gasteiger partial charge >= 0.3 is 5.97 Å². The molecule has 0 saturated carbocycles. The molecule has 7 nitrogen and oxygen atoms in total. The van der Waals surface area contributed by atoms with Gasteiger partial charge in [-0.1, -0.05) is 0 Å². The first-order valence-electron chi connectivity index (χ1n) is 6.38. The molecule has 0 unspecified atom stereocenters. The lowest BCUT2D eigenvalue weighted by Crippen LogP contribution is -2.35. The maximum Gasteiger partial charge on any atom is 0.346 e. The Balaban J connectivity index is 2.81. The van der Waals surface area contributed by atoms with Gasteiger partial charge in [-0.2, -0.15) is 0 Å². The van der Waals surface area contributed by atoms with E-state index in [0.717, 1.165) is 11.3 Å². The third-order valence-electron chi connectivity index (χ3n) is 2.50. The Labute approximate surface area is 127 Å². The van der Waals surface area contributed by atoms with Gasteiger partial charge in [0, 0.05) is 13.2 Å². The Kier molecular flexibility index (Phi) is 6.75. The number of carboxylic acid groups (broad SMARTS) is 1. The molecule has 1 heterocycles. The number of hydrogen-bond donors (Lipinski definition) is 2. The summed E-state index contributed by atoms with van der Waals surface area (Å²) in [5, 5.41) is 8.96. The summed E-state index contributed by atoms with van der Waals surface area (Å²) in [5.74, 6) is -1.14. The molecule has 0 fully saturated rings. The van der Waals surface area contributed by atoms with E-state index >= 15 is 0 Å². The summed E-state index contributed by atoms with van der Waals surface area (Å²) in [7, 11) is -3.78. The van der Waals surface area contributed by atoms with Crippen molar-refractivity contribution in [3.8, 4) is 0 Å². The van der Waals surface area contributed by atoms with Gasteiger partial charge in [-0.25, -0.2) is 17.9 Å². The lowest BCUT2D eigenvalue weighted by Gasteiger charge is -2.17. The van der Waals surface area contributed by atoms with Crippen LogP contribution in [0, 0.1) is 6.92 Å².